The van der Waals surface area contributed by atoms with Crippen molar-refractivity contribution in [1.82, 2.24) is 10.2 Å². The largest absolute Gasteiger partial charge is 0.348 e. The van der Waals surface area contributed by atoms with Crippen LogP contribution in [0.4, 0.5) is 5.69 Å². The average molecular weight is 379 g/mol. The molecule has 0 aromatic heterocycles. The van der Waals surface area contributed by atoms with E-state index in [1.54, 1.807) is 0 Å². The number of nitrogens with zero attached hydrogens (tertiary/aromatic N) is 2. The van der Waals surface area contributed by atoms with Gasteiger partial charge in [-0.15, -0.1) is 0 Å². The van der Waals surface area contributed by atoms with Crippen LogP contribution < -0.4 is 5.32 Å². The van der Waals surface area contributed by atoms with Gasteiger partial charge in [0, 0.05) is 12.1 Å². The van der Waals surface area contributed by atoms with Crippen molar-refractivity contribution in [3.63, 3.8) is 0 Å². The lowest BCUT2D eigenvalue weighted by Crippen LogP contribution is -2.42. The molecule has 0 saturated carbocycles. The fraction of sp³-hybridized carbons (Fsp3) is 0.250. The zero-order valence-corrected chi connectivity index (χ0v) is 14.9. The lowest BCUT2D eigenvalue weighted by molar-refractivity contribution is -0.384. The summed E-state index contributed by atoms with van der Waals surface area (Å²) in [5.74, 6) is -1.75. The maximum atomic E-state index is 12.5. The Labute approximate surface area is 160 Å². The Hall–Kier alpha value is -3.55. The molecule has 0 radical (unpaired) electrons. The minimum absolute atomic E-state index is 0.0463. The van der Waals surface area contributed by atoms with Crippen molar-refractivity contribution >= 4 is 23.4 Å². The Morgan fingerprint density at radius 2 is 1.89 bits per heavy atom. The van der Waals surface area contributed by atoms with Gasteiger partial charge in [-0.1, -0.05) is 24.3 Å². The third-order valence-electron chi connectivity index (χ3n) is 5.17. The van der Waals surface area contributed by atoms with E-state index >= 15 is 0 Å². The van der Waals surface area contributed by atoms with Gasteiger partial charge < -0.3 is 5.32 Å². The molecule has 0 bridgehead atoms. The molecule has 0 spiro atoms. The number of non-ortho nitro benzene ring substituents is 1. The summed E-state index contributed by atoms with van der Waals surface area (Å²) in [6, 6.07) is 11.2. The second-order valence-electron chi connectivity index (χ2n) is 6.89. The number of fused-ring (bicyclic) bond motifs is 2. The summed E-state index contributed by atoms with van der Waals surface area (Å²) < 4.78 is 0. The van der Waals surface area contributed by atoms with Crippen LogP contribution in [0.25, 0.3) is 0 Å². The average Bonchev–Trinajstić information content (AvgIpc) is 2.92. The number of hydrogen-bond acceptors (Lipinski definition) is 5. The zero-order valence-electron chi connectivity index (χ0n) is 14.9. The van der Waals surface area contributed by atoms with E-state index in [1.807, 2.05) is 24.3 Å². The van der Waals surface area contributed by atoms with Crippen LogP contribution in [0.5, 0.6) is 0 Å². The molecule has 28 heavy (non-hydrogen) atoms. The number of amides is 3. The maximum Gasteiger partial charge on any atom is 0.270 e. The van der Waals surface area contributed by atoms with Crippen molar-refractivity contribution < 1.29 is 19.3 Å². The predicted octanol–water partition coefficient (Wildman–Crippen LogP) is 2.38. The number of benzene rings is 2. The normalized spacial score (nSPS) is 17.9. The zero-order chi connectivity index (χ0) is 19.8. The van der Waals surface area contributed by atoms with E-state index < -0.39 is 29.2 Å². The van der Waals surface area contributed by atoms with Crippen LogP contribution in [0.2, 0.25) is 0 Å². The number of carbonyl (C=O) groups is 3. The van der Waals surface area contributed by atoms with Gasteiger partial charge in [-0.05, 0) is 36.5 Å². The van der Waals surface area contributed by atoms with Crippen molar-refractivity contribution in [3.05, 3.63) is 74.8 Å². The van der Waals surface area contributed by atoms with Crippen molar-refractivity contribution in [1.29, 1.82) is 0 Å². The minimum Gasteiger partial charge on any atom is -0.348 e. The fourth-order valence-electron chi connectivity index (χ4n) is 3.82. The fourth-order valence-corrected chi connectivity index (χ4v) is 3.82. The van der Waals surface area contributed by atoms with Gasteiger partial charge in [0.15, 0.2) is 0 Å². The molecular formula is C20H17N3O5. The van der Waals surface area contributed by atoms with Gasteiger partial charge in [0.25, 0.3) is 17.5 Å². The van der Waals surface area contributed by atoms with Gasteiger partial charge in [0.1, 0.15) is 6.54 Å². The first-order valence-corrected chi connectivity index (χ1v) is 8.97. The molecule has 2 aliphatic rings. The molecule has 1 heterocycles. The molecular weight excluding hydrogens is 362 g/mol. The summed E-state index contributed by atoms with van der Waals surface area (Å²) in [6.07, 6.45) is 2.69. The Kier molecular flexibility index (Phi) is 4.38. The second-order valence-corrected chi connectivity index (χ2v) is 6.89. The Morgan fingerprint density at radius 1 is 1.14 bits per heavy atom. The number of rotatable bonds is 4. The van der Waals surface area contributed by atoms with Crippen LogP contribution in [0, 0.1) is 10.1 Å². The summed E-state index contributed by atoms with van der Waals surface area (Å²) in [5, 5.41) is 13.8. The highest BCUT2D eigenvalue weighted by Gasteiger charge is 2.38. The summed E-state index contributed by atoms with van der Waals surface area (Å²) >= 11 is 0. The Bertz CT molecular complexity index is 1020. The first-order valence-electron chi connectivity index (χ1n) is 8.97. The number of hydrogen-bond donors (Lipinski definition) is 1. The molecule has 0 unspecified atom stereocenters. The van der Waals surface area contributed by atoms with E-state index in [0.717, 1.165) is 35.8 Å². The molecule has 8 heteroatoms. The molecule has 1 N–H and O–H groups in total. The van der Waals surface area contributed by atoms with Gasteiger partial charge in [0.2, 0.25) is 5.91 Å². The maximum absolute atomic E-state index is 12.5. The van der Waals surface area contributed by atoms with Gasteiger partial charge in [0.05, 0.1) is 22.1 Å². The summed E-state index contributed by atoms with van der Waals surface area (Å²) in [4.78, 5) is 48.6. The lowest BCUT2D eigenvalue weighted by atomic mass is 9.88. The van der Waals surface area contributed by atoms with Crippen LogP contribution in [-0.2, 0) is 11.2 Å². The minimum atomic E-state index is -0.692. The highest BCUT2D eigenvalue weighted by Crippen LogP contribution is 2.30. The smallest absolute Gasteiger partial charge is 0.270 e. The van der Waals surface area contributed by atoms with Crippen molar-refractivity contribution in [3.8, 4) is 0 Å². The Morgan fingerprint density at radius 3 is 2.68 bits per heavy atom. The van der Waals surface area contributed by atoms with Crippen LogP contribution in [-0.4, -0.2) is 34.1 Å². The van der Waals surface area contributed by atoms with Crippen LogP contribution in [0.1, 0.15) is 50.7 Å². The monoisotopic (exact) mass is 379 g/mol. The molecule has 1 aliphatic heterocycles. The standard InChI is InChI=1S/C20H17N3O5/c24-18(21-17-7-3-5-12-4-1-2-6-14(12)17)11-22-19(25)15-9-8-13(23(27)28)10-16(15)20(22)26/h1-2,4,6,8-10,17H,3,5,7,11H2,(H,21,24)/t17-/m1/s1. The lowest BCUT2D eigenvalue weighted by Gasteiger charge is -2.27. The number of aryl methyl sites for hydroxylation is 1. The van der Waals surface area contributed by atoms with Crippen molar-refractivity contribution in [2.24, 2.45) is 0 Å². The van der Waals surface area contributed by atoms with Crippen molar-refractivity contribution in [2.45, 2.75) is 25.3 Å². The molecule has 2 aromatic carbocycles. The quantitative estimate of drug-likeness (QED) is 0.498. The number of carbonyl (C=O) groups excluding carboxylic acids is 3. The van der Waals surface area contributed by atoms with Crippen LogP contribution >= 0.6 is 0 Å². The van der Waals surface area contributed by atoms with Gasteiger partial charge in [-0.3, -0.25) is 29.4 Å². The van der Waals surface area contributed by atoms with Crippen LogP contribution in [0.3, 0.4) is 0 Å². The molecule has 1 aliphatic carbocycles. The van der Waals surface area contributed by atoms with Gasteiger partial charge in [-0.25, -0.2) is 0 Å². The van der Waals surface area contributed by atoms with Crippen LogP contribution in [0.15, 0.2) is 42.5 Å². The summed E-state index contributed by atoms with van der Waals surface area (Å²) in [5.41, 5.74) is 2.00. The highest BCUT2D eigenvalue weighted by molar-refractivity contribution is 6.22. The molecule has 142 valence electrons. The topological polar surface area (TPSA) is 110 Å². The van der Waals surface area contributed by atoms with E-state index in [9.17, 15) is 24.5 Å². The summed E-state index contributed by atoms with van der Waals surface area (Å²) in [6.45, 7) is -0.418. The Balaban J connectivity index is 1.49. The molecule has 4 rings (SSSR count). The highest BCUT2D eigenvalue weighted by atomic mass is 16.6. The van der Waals surface area contributed by atoms with Gasteiger partial charge in [-0.2, -0.15) is 0 Å². The van der Waals surface area contributed by atoms with E-state index in [2.05, 4.69) is 5.32 Å². The number of nitro benzene ring substituents is 1. The van der Waals surface area contributed by atoms with E-state index in [4.69, 9.17) is 0 Å². The predicted molar refractivity (Wildman–Crippen MR) is 98.7 cm³/mol. The first-order chi connectivity index (χ1) is 13.5. The third-order valence-corrected chi connectivity index (χ3v) is 5.17. The van der Waals surface area contributed by atoms with Crippen molar-refractivity contribution in [2.75, 3.05) is 6.54 Å². The number of nitrogens with one attached hydrogen (secondary N) is 1. The van der Waals surface area contributed by atoms with Gasteiger partial charge >= 0.3 is 0 Å². The molecule has 2 aromatic rings. The number of imide groups is 1. The second kappa shape index (κ2) is 6.88. The third kappa shape index (κ3) is 3.02. The van der Waals surface area contributed by atoms with E-state index in [-0.39, 0.29) is 22.9 Å². The summed E-state index contributed by atoms with van der Waals surface area (Å²) in [7, 11) is 0. The first kappa shape index (κ1) is 17.8. The SMILES string of the molecule is O=C(CN1C(=O)c2ccc([N+](=O)[O-])cc2C1=O)N[C@@H]1CCCc2ccccc21. The molecule has 8 nitrogen and oxygen atoms in total. The van der Waals surface area contributed by atoms with E-state index in [0.29, 0.717) is 0 Å². The molecule has 0 saturated heterocycles. The molecule has 0 fully saturated rings. The molecule has 1 atom stereocenters. The molecule has 3 amide bonds. The van der Waals surface area contributed by atoms with E-state index in [1.165, 1.54) is 17.7 Å². The number of nitro groups is 1.